The number of rotatable bonds is 7. The van der Waals surface area contributed by atoms with Gasteiger partial charge in [-0.15, -0.1) is 0 Å². The molecule has 2 heteroatoms. The highest BCUT2D eigenvalue weighted by Crippen LogP contribution is 2.24. The first-order valence-electron chi connectivity index (χ1n) is 6.16. The van der Waals surface area contributed by atoms with E-state index in [1.807, 2.05) is 12.1 Å². The summed E-state index contributed by atoms with van der Waals surface area (Å²) in [6.07, 6.45) is 3.81. The highest BCUT2D eigenvalue weighted by atomic mass is 16.5. The van der Waals surface area contributed by atoms with Crippen LogP contribution in [0.25, 0.3) is 0 Å². The van der Waals surface area contributed by atoms with Crippen LogP contribution in [0, 0.1) is 0 Å². The normalized spacial score (nSPS) is 12.4. The number of para-hydroxylation sites is 1. The minimum atomic E-state index is 0.355. The minimum absolute atomic E-state index is 0.355. The van der Waals surface area contributed by atoms with Crippen molar-refractivity contribution in [3.05, 3.63) is 29.8 Å². The Hall–Kier alpha value is -1.02. The summed E-state index contributed by atoms with van der Waals surface area (Å²) >= 11 is 0. The molecule has 1 atom stereocenters. The molecule has 0 amide bonds. The Bertz CT molecular complexity index is 299. The fourth-order valence-electron chi connectivity index (χ4n) is 1.83. The maximum atomic E-state index is 5.35. The maximum absolute atomic E-state index is 5.35. The Kier molecular flexibility index (Phi) is 5.94. The van der Waals surface area contributed by atoms with Crippen LogP contribution < -0.4 is 10.1 Å². The Morgan fingerprint density at radius 1 is 1.25 bits per heavy atom. The van der Waals surface area contributed by atoms with Gasteiger partial charge in [-0.1, -0.05) is 38.0 Å². The molecule has 0 radical (unpaired) electrons. The highest BCUT2D eigenvalue weighted by molar-refractivity contribution is 5.35. The number of unbranched alkanes of at least 4 members (excludes halogenated alkanes) is 2. The van der Waals surface area contributed by atoms with Crippen molar-refractivity contribution in [2.24, 2.45) is 0 Å². The summed E-state index contributed by atoms with van der Waals surface area (Å²) in [7, 11) is 1.72. The van der Waals surface area contributed by atoms with Gasteiger partial charge in [-0.05, 0) is 26.0 Å². The van der Waals surface area contributed by atoms with Gasteiger partial charge in [-0.3, -0.25) is 0 Å². The highest BCUT2D eigenvalue weighted by Gasteiger charge is 2.09. The minimum Gasteiger partial charge on any atom is -0.496 e. The SMILES string of the molecule is CCCCCN[C@@H](C)c1ccccc1OC. The van der Waals surface area contributed by atoms with Gasteiger partial charge in [0.1, 0.15) is 5.75 Å². The molecule has 0 saturated heterocycles. The van der Waals surface area contributed by atoms with Crippen LogP contribution >= 0.6 is 0 Å². The van der Waals surface area contributed by atoms with Gasteiger partial charge >= 0.3 is 0 Å². The molecule has 2 nitrogen and oxygen atoms in total. The van der Waals surface area contributed by atoms with Crippen LogP contribution in [0.1, 0.15) is 44.7 Å². The third kappa shape index (κ3) is 3.86. The predicted octanol–water partition coefficient (Wildman–Crippen LogP) is 3.54. The van der Waals surface area contributed by atoms with Crippen molar-refractivity contribution in [3.8, 4) is 5.75 Å². The van der Waals surface area contributed by atoms with Crippen LogP contribution in [0.3, 0.4) is 0 Å². The van der Waals surface area contributed by atoms with Crippen molar-refractivity contribution in [1.82, 2.24) is 5.32 Å². The summed E-state index contributed by atoms with van der Waals surface area (Å²) < 4.78 is 5.35. The van der Waals surface area contributed by atoms with Gasteiger partial charge in [0.2, 0.25) is 0 Å². The first kappa shape index (κ1) is 13.0. The van der Waals surface area contributed by atoms with Crippen molar-refractivity contribution in [1.29, 1.82) is 0 Å². The molecule has 0 unspecified atom stereocenters. The van der Waals surface area contributed by atoms with Crippen LogP contribution in [0.15, 0.2) is 24.3 Å². The molecule has 0 aliphatic heterocycles. The van der Waals surface area contributed by atoms with E-state index in [1.165, 1.54) is 24.8 Å². The molecule has 0 aromatic heterocycles. The van der Waals surface area contributed by atoms with E-state index in [1.54, 1.807) is 7.11 Å². The Morgan fingerprint density at radius 3 is 2.69 bits per heavy atom. The number of ether oxygens (including phenoxy) is 1. The Balaban J connectivity index is 2.48. The van der Waals surface area contributed by atoms with Gasteiger partial charge in [0.25, 0.3) is 0 Å². The monoisotopic (exact) mass is 221 g/mol. The smallest absolute Gasteiger partial charge is 0.123 e. The Labute approximate surface area is 99.0 Å². The largest absolute Gasteiger partial charge is 0.496 e. The molecule has 1 aromatic carbocycles. The second-order valence-electron chi connectivity index (χ2n) is 4.12. The topological polar surface area (TPSA) is 21.3 Å². The first-order chi connectivity index (χ1) is 7.79. The van der Waals surface area contributed by atoms with Crippen molar-refractivity contribution >= 4 is 0 Å². The van der Waals surface area contributed by atoms with E-state index in [0.29, 0.717) is 6.04 Å². The zero-order chi connectivity index (χ0) is 11.8. The second kappa shape index (κ2) is 7.29. The molecule has 0 heterocycles. The van der Waals surface area contributed by atoms with Gasteiger partial charge in [-0.25, -0.2) is 0 Å². The molecule has 1 rings (SSSR count). The average Bonchev–Trinajstić information content (AvgIpc) is 2.34. The van der Waals surface area contributed by atoms with Crippen LogP contribution in [0.5, 0.6) is 5.75 Å². The van der Waals surface area contributed by atoms with E-state index in [9.17, 15) is 0 Å². The molecule has 0 fully saturated rings. The summed E-state index contributed by atoms with van der Waals surface area (Å²) in [5.74, 6) is 0.970. The number of hydrogen-bond acceptors (Lipinski definition) is 2. The van der Waals surface area contributed by atoms with E-state index in [4.69, 9.17) is 4.74 Å². The molecular weight excluding hydrogens is 198 g/mol. The zero-order valence-corrected chi connectivity index (χ0v) is 10.6. The van der Waals surface area contributed by atoms with Crippen LogP contribution in [-0.4, -0.2) is 13.7 Å². The number of nitrogens with one attached hydrogen (secondary N) is 1. The quantitative estimate of drug-likeness (QED) is 0.711. The summed E-state index contributed by atoms with van der Waals surface area (Å²) in [6, 6.07) is 8.55. The molecule has 0 aliphatic carbocycles. The van der Waals surface area contributed by atoms with E-state index >= 15 is 0 Å². The van der Waals surface area contributed by atoms with Gasteiger partial charge in [0.05, 0.1) is 7.11 Å². The number of hydrogen-bond donors (Lipinski definition) is 1. The van der Waals surface area contributed by atoms with Gasteiger partial charge in [0, 0.05) is 11.6 Å². The van der Waals surface area contributed by atoms with Crippen molar-refractivity contribution in [3.63, 3.8) is 0 Å². The summed E-state index contributed by atoms with van der Waals surface area (Å²) in [5, 5.41) is 3.53. The Morgan fingerprint density at radius 2 is 2.00 bits per heavy atom. The molecule has 16 heavy (non-hydrogen) atoms. The first-order valence-corrected chi connectivity index (χ1v) is 6.16. The fourth-order valence-corrected chi connectivity index (χ4v) is 1.83. The van der Waals surface area contributed by atoms with Crippen molar-refractivity contribution in [2.75, 3.05) is 13.7 Å². The molecule has 0 spiro atoms. The lowest BCUT2D eigenvalue weighted by molar-refractivity contribution is 0.401. The third-order valence-electron chi connectivity index (χ3n) is 2.84. The summed E-state index contributed by atoms with van der Waals surface area (Å²) in [4.78, 5) is 0. The molecule has 1 N–H and O–H groups in total. The average molecular weight is 221 g/mol. The number of methoxy groups -OCH3 is 1. The van der Waals surface area contributed by atoms with E-state index in [0.717, 1.165) is 12.3 Å². The standard InChI is InChI=1S/C14H23NO/c1-4-5-8-11-15-12(2)13-9-6-7-10-14(13)16-3/h6-7,9-10,12,15H,4-5,8,11H2,1-3H3/t12-/m0/s1. The lowest BCUT2D eigenvalue weighted by Gasteiger charge is -2.17. The predicted molar refractivity (Wildman–Crippen MR) is 68.9 cm³/mol. The summed E-state index contributed by atoms with van der Waals surface area (Å²) in [5.41, 5.74) is 1.24. The van der Waals surface area contributed by atoms with Crippen molar-refractivity contribution < 1.29 is 4.74 Å². The van der Waals surface area contributed by atoms with Crippen LogP contribution in [-0.2, 0) is 0 Å². The molecule has 0 aliphatic rings. The lowest BCUT2D eigenvalue weighted by Crippen LogP contribution is -2.20. The fraction of sp³-hybridized carbons (Fsp3) is 0.571. The molecule has 1 aromatic rings. The zero-order valence-electron chi connectivity index (χ0n) is 10.6. The van der Waals surface area contributed by atoms with Crippen LogP contribution in [0.2, 0.25) is 0 Å². The molecule has 0 bridgehead atoms. The summed E-state index contributed by atoms with van der Waals surface area (Å²) in [6.45, 7) is 5.49. The molecular formula is C14H23NO. The van der Waals surface area contributed by atoms with E-state index < -0.39 is 0 Å². The van der Waals surface area contributed by atoms with Gasteiger partial charge < -0.3 is 10.1 Å². The number of benzene rings is 1. The molecule has 0 saturated carbocycles. The lowest BCUT2D eigenvalue weighted by atomic mass is 10.1. The maximum Gasteiger partial charge on any atom is 0.123 e. The van der Waals surface area contributed by atoms with E-state index in [2.05, 4.69) is 31.3 Å². The third-order valence-corrected chi connectivity index (χ3v) is 2.84. The second-order valence-corrected chi connectivity index (χ2v) is 4.12. The van der Waals surface area contributed by atoms with Crippen LogP contribution in [0.4, 0.5) is 0 Å². The van der Waals surface area contributed by atoms with E-state index in [-0.39, 0.29) is 0 Å². The molecule has 90 valence electrons. The van der Waals surface area contributed by atoms with Gasteiger partial charge in [0.15, 0.2) is 0 Å². The van der Waals surface area contributed by atoms with Crippen molar-refractivity contribution in [2.45, 2.75) is 39.2 Å². The van der Waals surface area contributed by atoms with Gasteiger partial charge in [-0.2, -0.15) is 0 Å².